The maximum atomic E-state index is 12.5. The number of nitrogens with one attached hydrogen (secondary N) is 1. The number of hydrogen-bond acceptors (Lipinski definition) is 4. The van der Waals surface area contributed by atoms with Gasteiger partial charge in [-0.15, -0.1) is 11.3 Å². The Hall–Kier alpha value is -2.55. The zero-order valence-electron chi connectivity index (χ0n) is 14.0. The average molecular weight is 383 g/mol. The predicted octanol–water partition coefficient (Wildman–Crippen LogP) is 4.07. The predicted molar refractivity (Wildman–Crippen MR) is 92.5 cm³/mol. The summed E-state index contributed by atoms with van der Waals surface area (Å²) < 4.78 is 43.9. The summed E-state index contributed by atoms with van der Waals surface area (Å²) >= 11 is 1.56. The maximum Gasteiger partial charge on any atom is 0.422 e. The molecule has 1 N–H and O–H groups in total. The minimum absolute atomic E-state index is 0.0206. The Labute approximate surface area is 151 Å². The topological polar surface area (TPSA) is 56.2 Å². The Morgan fingerprint density at radius 3 is 2.77 bits per heavy atom. The normalized spacial score (nSPS) is 13.0. The SMILES string of the molecule is C[C@@H](NC(=O)c1cc2sccc2n1C)c1ccc(OCC(F)(F)F)cn1. The Bertz CT molecular complexity index is 916. The highest BCUT2D eigenvalue weighted by Gasteiger charge is 2.28. The molecule has 0 saturated carbocycles. The van der Waals surface area contributed by atoms with Crippen LogP contribution in [0.25, 0.3) is 10.2 Å². The fourth-order valence-electron chi connectivity index (χ4n) is 2.51. The van der Waals surface area contributed by atoms with E-state index in [0.717, 1.165) is 10.2 Å². The third-order valence-corrected chi connectivity index (χ3v) is 4.70. The largest absolute Gasteiger partial charge is 0.483 e. The molecule has 0 aliphatic carbocycles. The number of rotatable bonds is 5. The molecule has 1 atom stereocenters. The van der Waals surface area contributed by atoms with E-state index in [1.165, 1.54) is 18.3 Å². The van der Waals surface area contributed by atoms with Crippen molar-refractivity contribution in [3.63, 3.8) is 0 Å². The first-order valence-corrected chi connectivity index (χ1v) is 8.62. The number of hydrogen-bond donors (Lipinski definition) is 1. The monoisotopic (exact) mass is 383 g/mol. The van der Waals surface area contributed by atoms with E-state index in [9.17, 15) is 18.0 Å². The molecule has 3 aromatic rings. The number of alkyl halides is 3. The number of aryl methyl sites for hydroxylation is 1. The van der Waals surface area contributed by atoms with Crippen LogP contribution in [0.15, 0.2) is 35.8 Å². The number of carbonyl (C=O) groups excluding carboxylic acids is 1. The van der Waals surface area contributed by atoms with Gasteiger partial charge < -0.3 is 14.6 Å². The van der Waals surface area contributed by atoms with Crippen LogP contribution in [0, 0.1) is 0 Å². The van der Waals surface area contributed by atoms with Gasteiger partial charge in [-0.3, -0.25) is 9.78 Å². The van der Waals surface area contributed by atoms with Crippen LogP contribution < -0.4 is 10.1 Å². The van der Waals surface area contributed by atoms with Gasteiger partial charge >= 0.3 is 6.18 Å². The van der Waals surface area contributed by atoms with E-state index in [1.54, 1.807) is 18.3 Å². The quantitative estimate of drug-likeness (QED) is 0.723. The zero-order chi connectivity index (χ0) is 18.9. The van der Waals surface area contributed by atoms with E-state index >= 15 is 0 Å². The van der Waals surface area contributed by atoms with Crippen molar-refractivity contribution in [2.75, 3.05) is 6.61 Å². The van der Waals surface area contributed by atoms with Crippen molar-refractivity contribution < 1.29 is 22.7 Å². The number of aromatic nitrogens is 2. The summed E-state index contributed by atoms with van der Waals surface area (Å²) in [5.74, 6) is -0.227. The number of thiophene rings is 1. The summed E-state index contributed by atoms with van der Waals surface area (Å²) in [7, 11) is 1.82. The number of halogens is 3. The lowest BCUT2D eigenvalue weighted by atomic mass is 10.2. The summed E-state index contributed by atoms with van der Waals surface area (Å²) in [5.41, 5.74) is 2.04. The molecule has 9 heteroatoms. The van der Waals surface area contributed by atoms with E-state index in [0.29, 0.717) is 11.4 Å². The van der Waals surface area contributed by atoms with Crippen molar-refractivity contribution >= 4 is 27.5 Å². The first-order valence-electron chi connectivity index (χ1n) is 7.74. The molecule has 0 aliphatic heterocycles. The molecule has 0 aromatic carbocycles. The third kappa shape index (κ3) is 3.98. The number of amides is 1. The Kier molecular flexibility index (Phi) is 4.90. The molecular formula is C17H16F3N3O2S. The van der Waals surface area contributed by atoms with Gasteiger partial charge in [0.05, 0.1) is 28.1 Å². The van der Waals surface area contributed by atoms with E-state index in [2.05, 4.69) is 15.0 Å². The summed E-state index contributed by atoms with van der Waals surface area (Å²) in [5, 5.41) is 4.80. The molecule has 0 spiro atoms. The van der Waals surface area contributed by atoms with Crippen LogP contribution in [0.2, 0.25) is 0 Å². The molecule has 0 radical (unpaired) electrons. The number of ether oxygens (including phenoxy) is 1. The third-order valence-electron chi connectivity index (χ3n) is 3.85. The van der Waals surface area contributed by atoms with Crippen molar-refractivity contribution in [3.05, 3.63) is 47.2 Å². The molecular weight excluding hydrogens is 367 g/mol. The minimum atomic E-state index is -4.40. The number of nitrogens with zero attached hydrogens (tertiary/aromatic N) is 2. The van der Waals surface area contributed by atoms with Crippen molar-refractivity contribution in [1.29, 1.82) is 0 Å². The second-order valence-electron chi connectivity index (χ2n) is 5.78. The summed E-state index contributed by atoms with van der Waals surface area (Å²) in [6.07, 6.45) is -3.19. The van der Waals surface area contributed by atoms with Gasteiger partial charge in [0.1, 0.15) is 11.4 Å². The second kappa shape index (κ2) is 6.99. The van der Waals surface area contributed by atoms with Gasteiger partial charge in [0.15, 0.2) is 6.61 Å². The molecule has 0 saturated heterocycles. The van der Waals surface area contributed by atoms with E-state index in [4.69, 9.17) is 0 Å². The first kappa shape index (κ1) is 18.2. The van der Waals surface area contributed by atoms with Crippen molar-refractivity contribution in [1.82, 2.24) is 14.9 Å². The lowest BCUT2D eigenvalue weighted by Gasteiger charge is -2.15. The fourth-order valence-corrected chi connectivity index (χ4v) is 3.36. The molecule has 1 amide bonds. The molecule has 5 nitrogen and oxygen atoms in total. The second-order valence-corrected chi connectivity index (χ2v) is 6.72. The van der Waals surface area contributed by atoms with Crippen LogP contribution in [-0.4, -0.2) is 28.2 Å². The summed E-state index contributed by atoms with van der Waals surface area (Å²) in [6.45, 7) is 0.382. The average Bonchev–Trinajstić information content (AvgIpc) is 3.16. The van der Waals surface area contributed by atoms with E-state index in [-0.39, 0.29) is 11.7 Å². The van der Waals surface area contributed by atoms with Crippen molar-refractivity contribution in [3.8, 4) is 5.75 Å². The lowest BCUT2D eigenvalue weighted by molar-refractivity contribution is -0.153. The van der Waals surface area contributed by atoms with Gasteiger partial charge in [-0.1, -0.05) is 0 Å². The van der Waals surface area contributed by atoms with Gasteiger partial charge in [-0.05, 0) is 36.6 Å². The number of carbonyl (C=O) groups is 1. The molecule has 0 aliphatic rings. The Balaban J connectivity index is 1.65. The molecule has 26 heavy (non-hydrogen) atoms. The molecule has 0 fully saturated rings. The molecule has 0 bridgehead atoms. The summed E-state index contributed by atoms with van der Waals surface area (Å²) in [4.78, 5) is 16.6. The summed E-state index contributed by atoms with van der Waals surface area (Å²) in [6, 6.07) is 6.28. The highest BCUT2D eigenvalue weighted by Crippen LogP contribution is 2.25. The molecule has 3 heterocycles. The van der Waals surface area contributed by atoms with E-state index < -0.39 is 18.8 Å². The van der Waals surface area contributed by atoms with Crippen LogP contribution in [0.4, 0.5) is 13.2 Å². The van der Waals surface area contributed by atoms with Crippen LogP contribution in [0.1, 0.15) is 29.1 Å². The fraction of sp³-hybridized carbons (Fsp3) is 0.294. The van der Waals surface area contributed by atoms with Crippen LogP contribution in [0.5, 0.6) is 5.75 Å². The highest BCUT2D eigenvalue weighted by atomic mass is 32.1. The lowest BCUT2D eigenvalue weighted by Crippen LogP contribution is -2.28. The van der Waals surface area contributed by atoms with E-state index in [1.807, 2.05) is 29.1 Å². The molecule has 0 unspecified atom stereocenters. The van der Waals surface area contributed by atoms with Crippen LogP contribution in [-0.2, 0) is 7.05 Å². The number of pyridine rings is 1. The van der Waals surface area contributed by atoms with Crippen molar-refractivity contribution in [2.24, 2.45) is 7.05 Å². The first-order chi connectivity index (χ1) is 12.2. The Morgan fingerprint density at radius 1 is 1.38 bits per heavy atom. The molecule has 3 rings (SSSR count). The Morgan fingerprint density at radius 2 is 2.15 bits per heavy atom. The van der Waals surface area contributed by atoms with Gasteiger partial charge in [-0.25, -0.2) is 0 Å². The van der Waals surface area contributed by atoms with Gasteiger partial charge in [-0.2, -0.15) is 13.2 Å². The molecule has 3 aromatic heterocycles. The van der Waals surface area contributed by atoms with Crippen LogP contribution >= 0.6 is 11.3 Å². The minimum Gasteiger partial charge on any atom is -0.483 e. The zero-order valence-corrected chi connectivity index (χ0v) is 14.8. The highest BCUT2D eigenvalue weighted by molar-refractivity contribution is 7.17. The maximum absolute atomic E-state index is 12.5. The van der Waals surface area contributed by atoms with Crippen LogP contribution in [0.3, 0.4) is 0 Å². The molecule has 138 valence electrons. The smallest absolute Gasteiger partial charge is 0.422 e. The van der Waals surface area contributed by atoms with Crippen molar-refractivity contribution in [2.45, 2.75) is 19.1 Å². The standard InChI is InChI=1S/C17H16F3N3O2S/c1-10(12-4-3-11(8-21-12)25-9-17(18,19)20)22-16(24)14-7-15-13(23(14)2)5-6-26-15/h3-8,10H,9H2,1-2H3,(H,22,24)/t10-/m1/s1. The van der Waals surface area contributed by atoms with Gasteiger partial charge in [0.2, 0.25) is 0 Å². The van der Waals surface area contributed by atoms with Gasteiger partial charge in [0.25, 0.3) is 5.91 Å². The number of fused-ring (bicyclic) bond motifs is 1. The van der Waals surface area contributed by atoms with Gasteiger partial charge in [0, 0.05) is 7.05 Å².